The lowest BCUT2D eigenvalue weighted by Crippen LogP contribution is -2.49. The predicted octanol–water partition coefficient (Wildman–Crippen LogP) is 1.66. The highest BCUT2D eigenvalue weighted by atomic mass is 16.4. The van der Waals surface area contributed by atoms with Crippen molar-refractivity contribution < 1.29 is 19.5 Å². The van der Waals surface area contributed by atoms with Crippen molar-refractivity contribution >= 4 is 17.8 Å². The van der Waals surface area contributed by atoms with Crippen LogP contribution in [0, 0.1) is 5.92 Å². The van der Waals surface area contributed by atoms with E-state index in [9.17, 15) is 19.5 Å². The van der Waals surface area contributed by atoms with Gasteiger partial charge in [0.15, 0.2) is 0 Å². The van der Waals surface area contributed by atoms with Gasteiger partial charge in [0.1, 0.15) is 6.54 Å². The fourth-order valence-electron chi connectivity index (χ4n) is 4.15. The largest absolute Gasteiger partial charge is 0.481 e. The number of carboxylic acid groups (broad SMARTS) is 1. The zero-order valence-electron chi connectivity index (χ0n) is 15.8. The molecule has 1 aromatic heterocycles. The van der Waals surface area contributed by atoms with Crippen molar-refractivity contribution in [3.8, 4) is 0 Å². The van der Waals surface area contributed by atoms with Crippen molar-refractivity contribution in [3.63, 3.8) is 0 Å². The van der Waals surface area contributed by atoms with E-state index in [1.54, 1.807) is 18.0 Å². The Morgan fingerprint density at radius 1 is 1.19 bits per heavy atom. The molecule has 2 aliphatic rings. The number of amides is 2. The molecule has 0 spiro atoms. The quantitative estimate of drug-likeness (QED) is 0.813. The molecule has 0 radical (unpaired) electrons. The molecule has 2 N–H and O–H groups in total. The van der Waals surface area contributed by atoms with Crippen molar-refractivity contribution in [3.05, 3.63) is 18.0 Å². The van der Waals surface area contributed by atoms with Gasteiger partial charge in [0.05, 0.1) is 17.7 Å². The lowest BCUT2D eigenvalue weighted by atomic mass is 9.90. The fraction of sp³-hybridized carbons (Fsp3) is 0.684. The topological polar surface area (TPSA) is 105 Å². The zero-order chi connectivity index (χ0) is 19.4. The fourth-order valence-corrected chi connectivity index (χ4v) is 4.15. The highest BCUT2D eigenvalue weighted by Crippen LogP contribution is 2.25. The number of carboxylic acids is 1. The molecule has 1 aliphatic carbocycles. The SMILES string of the molecule is C[C@@H]1[C@H](C(=O)O)CCCN1C(=O)c1cnn(CC(=O)NC2CCCCC2)c1. The van der Waals surface area contributed by atoms with Gasteiger partial charge in [-0.05, 0) is 32.6 Å². The highest BCUT2D eigenvalue weighted by molar-refractivity contribution is 5.94. The summed E-state index contributed by atoms with van der Waals surface area (Å²) >= 11 is 0. The van der Waals surface area contributed by atoms with Crippen LogP contribution in [0.2, 0.25) is 0 Å². The smallest absolute Gasteiger partial charge is 0.308 e. The summed E-state index contributed by atoms with van der Waals surface area (Å²) in [4.78, 5) is 37.9. The van der Waals surface area contributed by atoms with Crippen molar-refractivity contribution in [1.29, 1.82) is 0 Å². The van der Waals surface area contributed by atoms with Crippen LogP contribution in [0.4, 0.5) is 0 Å². The first kappa shape index (κ1) is 19.4. The summed E-state index contributed by atoms with van der Waals surface area (Å²) < 4.78 is 1.47. The number of rotatable bonds is 5. The second kappa shape index (κ2) is 8.54. The van der Waals surface area contributed by atoms with E-state index in [-0.39, 0.29) is 30.4 Å². The Morgan fingerprint density at radius 2 is 1.93 bits per heavy atom. The molecule has 0 unspecified atom stereocenters. The first-order valence-electron chi connectivity index (χ1n) is 9.81. The first-order valence-corrected chi connectivity index (χ1v) is 9.81. The Morgan fingerprint density at radius 3 is 2.63 bits per heavy atom. The summed E-state index contributed by atoms with van der Waals surface area (Å²) in [6, 6.07) is -0.119. The van der Waals surface area contributed by atoms with E-state index in [1.807, 2.05) is 0 Å². The number of carbonyl (C=O) groups is 3. The average molecular weight is 376 g/mol. The van der Waals surface area contributed by atoms with Crippen LogP contribution >= 0.6 is 0 Å². The number of nitrogens with zero attached hydrogens (tertiary/aromatic N) is 3. The molecule has 1 saturated carbocycles. The molecule has 0 aromatic carbocycles. The molecule has 1 aromatic rings. The van der Waals surface area contributed by atoms with Gasteiger partial charge in [0.2, 0.25) is 5.91 Å². The van der Waals surface area contributed by atoms with Gasteiger partial charge < -0.3 is 15.3 Å². The molecule has 2 heterocycles. The second-order valence-corrected chi connectivity index (χ2v) is 7.66. The van der Waals surface area contributed by atoms with Crippen LogP contribution in [0.3, 0.4) is 0 Å². The van der Waals surface area contributed by atoms with Gasteiger partial charge in [-0.25, -0.2) is 0 Å². The third-order valence-corrected chi connectivity index (χ3v) is 5.72. The Hall–Kier alpha value is -2.38. The first-order chi connectivity index (χ1) is 13.0. The van der Waals surface area contributed by atoms with E-state index < -0.39 is 11.9 Å². The van der Waals surface area contributed by atoms with Gasteiger partial charge in [-0.1, -0.05) is 19.3 Å². The minimum Gasteiger partial charge on any atom is -0.481 e. The minimum absolute atomic E-state index is 0.0804. The maximum Gasteiger partial charge on any atom is 0.308 e. The minimum atomic E-state index is -0.866. The third kappa shape index (κ3) is 4.67. The lowest BCUT2D eigenvalue weighted by molar-refractivity contribution is -0.145. The molecule has 8 heteroatoms. The Labute approximate surface area is 158 Å². The summed E-state index contributed by atoms with van der Waals surface area (Å²) in [7, 11) is 0. The Kier molecular flexibility index (Phi) is 6.13. The molecular formula is C19H28N4O4. The van der Waals surface area contributed by atoms with E-state index in [2.05, 4.69) is 10.4 Å². The molecule has 2 atom stereocenters. The van der Waals surface area contributed by atoms with E-state index in [4.69, 9.17) is 0 Å². The van der Waals surface area contributed by atoms with Crippen LogP contribution in [-0.2, 0) is 16.1 Å². The average Bonchev–Trinajstić information content (AvgIpc) is 3.10. The van der Waals surface area contributed by atoms with Crippen LogP contribution < -0.4 is 5.32 Å². The summed E-state index contributed by atoms with van der Waals surface area (Å²) in [5, 5.41) is 16.5. The maximum atomic E-state index is 12.8. The van der Waals surface area contributed by atoms with Crippen molar-refractivity contribution in [1.82, 2.24) is 20.0 Å². The van der Waals surface area contributed by atoms with Crippen LogP contribution in [0.5, 0.6) is 0 Å². The number of nitrogens with one attached hydrogen (secondary N) is 1. The van der Waals surface area contributed by atoms with Gasteiger partial charge in [-0.15, -0.1) is 0 Å². The molecule has 3 rings (SSSR count). The number of hydrogen-bond donors (Lipinski definition) is 2. The third-order valence-electron chi connectivity index (χ3n) is 5.72. The normalized spacial score (nSPS) is 23.8. The van der Waals surface area contributed by atoms with Gasteiger partial charge in [0, 0.05) is 24.8 Å². The Bertz CT molecular complexity index is 696. The van der Waals surface area contributed by atoms with E-state index in [0.717, 1.165) is 25.7 Å². The molecule has 8 nitrogen and oxygen atoms in total. The molecule has 1 saturated heterocycles. The number of hydrogen-bond acceptors (Lipinski definition) is 4. The van der Waals surface area contributed by atoms with Crippen LogP contribution in [0.1, 0.15) is 62.2 Å². The molecular weight excluding hydrogens is 348 g/mol. The van der Waals surface area contributed by atoms with Crippen LogP contribution in [-0.4, -0.2) is 56.2 Å². The van der Waals surface area contributed by atoms with E-state index >= 15 is 0 Å². The van der Waals surface area contributed by atoms with Crippen LogP contribution in [0.25, 0.3) is 0 Å². The summed E-state index contributed by atoms with van der Waals surface area (Å²) in [5.74, 6) is -1.73. The molecule has 148 valence electrons. The number of aliphatic carboxylic acids is 1. The number of likely N-dealkylation sites (tertiary alicyclic amines) is 1. The zero-order valence-corrected chi connectivity index (χ0v) is 15.8. The Balaban J connectivity index is 1.58. The van der Waals surface area contributed by atoms with Gasteiger partial charge in [0.25, 0.3) is 5.91 Å². The summed E-state index contributed by atoms with van der Waals surface area (Å²) in [6.45, 7) is 2.39. The van der Waals surface area contributed by atoms with Crippen molar-refractivity contribution in [2.75, 3.05) is 6.54 Å². The lowest BCUT2D eigenvalue weighted by Gasteiger charge is -2.37. The maximum absolute atomic E-state index is 12.8. The van der Waals surface area contributed by atoms with Gasteiger partial charge in [-0.2, -0.15) is 5.10 Å². The molecule has 2 fully saturated rings. The predicted molar refractivity (Wildman–Crippen MR) is 98.1 cm³/mol. The van der Waals surface area contributed by atoms with Gasteiger partial charge in [-0.3, -0.25) is 19.1 Å². The molecule has 0 bridgehead atoms. The number of aromatic nitrogens is 2. The number of carbonyl (C=O) groups excluding carboxylic acids is 2. The van der Waals surface area contributed by atoms with Crippen LogP contribution in [0.15, 0.2) is 12.4 Å². The standard InChI is InChI=1S/C19H28N4O4/c1-13-16(19(26)27)8-5-9-23(13)18(25)14-10-20-22(11-14)12-17(24)21-15-6-3-2-4-7-15/h10-11,13,15-16H,2-9,12H2,1H3,(H,21,24)(H,26,27)/t13-,16-/m1/s1. The molecule has 2 amide bonds. The summed E-state index contributed by atoms with van der Waals surface area (Å²) in [6.07, 6.45) is 9.85. The molecule has 27 heavy (non-hydrogen) atoms. The van der Waals surface area contributed by atoms with E-state index in [0.29, 0.717) is 24.9 Å². The van der Waals surface area contributed by atoms with E-state index in [1.165, 1.54) is 17.3 Å². The second-order valence-electron chi connectivity index (χ2n) is 7.66. The molecule has 1 aliphatic heterocycles. The summed E-state index contributed by atoms with van der Waals surface area (Å²) in [5.41, 5.74) is 0.387. The highest BCUT2D eigenvalue weighted by Gasteiger charge is 2.36. The van der Waals surface area contributed by atoms with Crippen molar-refractivity contribution in [2.45, 2.75) is 70.5 Å². The van der Waals surface area contributed by atoms with Gasteiger partial charge >= 0.3 is 5.97 Å². The monoisotopic (exact) mass is 376 g/mol. The van der Waals surface area contributed by atoms with Crippen molar-refractivity contribution in [2.24, 2.45) is 5.92 Å². The number of piperidine rings is 1.